The second-order valence-electron chi connectivity index (χ2n) is 5.96. The van der Waals surface area contributed by atoms with E-state index in [0.29, 0.717) is 17.0 Å². The van der Waals surface area contributed by atoms with E-state index in [0.717, 1.165) is 11.1 Å². The van der Waals surface area contributed by atoms with Gasteiger partial charge in [-0.2, -0.15) is 0 Å². The molecule has 6 nitrogen and oxygen atoms in total. The molecule has 0 aliphatic carbocycles. The van der Waals surface area contributed by atoms with Crippen molar-refractivity contribution < 1.29 is 23.9 Å². The van der Waals surface area contributed by atoms with E-state index in [1.165, 1.54) is 6.92 Å². The summed E-state index contributed by atoms with van der Waals surface area (Å²) in [7, 11) is 0. The minimum atomic E-state index is -0.672. The Morgan fingerprint density at radius 1 is 0.962 bits per heavy atom. The number of ether oxygens (including phenoxy) is 2. The van der Waals surface area contributed by atoms with Crippen LogP contribution in [0.4, 0.5) is 5.69 Å². The molecule has 2 rings (SSSR count). The summed E-state index contributed by atoms with van der Waals surface area (Å²) in [5.74, 6) is -0.814. The molecule has 2 aromatic carbocycles. The number of aryl methyl sites for hydroxylation is 2. The summed E-state index contributed by atoms with van der Waals surface area (Å²) in [5.41, 5.74) is 3.20. The standard InChI is InChI=1S/C20H21NO5/c1-13-7-14(2)9-17(8-13)21-19(23)11-26-20(24)12-25-18-6-4-5-16(10-18)15(3)22/h4-10H,11-12H2,1-3H3,(H,21,23). The van der Waals surface area contributed by atoms with E-state index in [4.69, 9.17) is 9.47 Å². The molecule has 0 aromatic heterocycles. The van der Waals surface area contributed by atoms with Crippen LogP contribution in [0.2, 0.25) is 0 Å². The van der Waals surface area contributed by atoms with Gasteiger partial charge in [-0.1, -0.05) is 18.2 Å². The molecule has 0 fully saturated rings. The minimum Gasteiger partial charge on any atom is -0.482 e. The second-order valence-corrected chi connectivity index (χ2v) is 5.96. The van der Waals surface area contributed by atoms with Gasteiger partial charge in [0.1, 0.15) is 5.75 Å². The molecule has 0 spiro atoms. The van der Waals surface area contributed by atoms with Gasteiger partial charge in [-0.15, -0.1) is 0 Å². The van der Waals surface area contributed by atoms with Crippen molar-refractivity contribution in [3.8, 4) is 5.75 Å². The normalized spacial score (nSPS) is 10.1. The van der Waals surface area contributed by atoms with Gasteiger partial charge in [0.2, 0.25) is 0 Å². The zero-order valence-electron chi connectivity index (χ0n) is 15.0. The van der Waals surface area contributed by atoms with E-state index in [1.54, 1.807) is 24.3 Å². The molecule has 0 aliphatic heterocycles. The fraction of sp³-hybridized carbons (Fsp3) is 0.250. The highest BCUT2D eigenvalue weighted by Crippen LogP contribution is 2.14. The van der Waals surface area contributed by atoms with Crippen molar-refractivity contribution in [2.24, 2.45) is 0 Å². The number of hydrogen-bond donors (Lipinski definition) is 1. The van der Waals surface area contributed by atoms with E-state index in [9.17, 15) is 14.4 Å². The molecule has 1 N–H and O–H groups in total. The molecule has 0 unspecified atom stereocenters. The van der Waals surface area contributed by atoms with Crippen molar-refractivity contribution >= 4 is 23.3 Å². The van der Waals surface area contributed by atoms with Gasteiger partial charge in [0.15, 0.2) is 19.0 Å². The Morgan fingerprint density at radius 3 is 2.31 bits per heavy atom. The lowest BCUT2D eigenvalue weighted by atomic mass is 10.1. The van der Waals surface area contributed by atoms with Crippen LogP contribution in [0.5, 0.6) is 5.75 Å². The zero-order valence-corrected chi connectivity index (χ0v) is 15.0. The molecule has 0 bridgehead atoms. The van der Waals surface area contributed by atoms with Gasteiger partial charge in [-0.05, 0) is 56.2 Å². The van der Waals surface area contributed by atoms with Gasteiger partial charge in [0.05, 0.1) is 0 Å². The number of carbonyl (C=O) groups is 3. The van der Waals surface area contributed by atoms with Crippen LogP contribution >= 0.6 is 0 Å². The fourth-order valence-corrected chi connectivity index (χ4v) is 2.38. The number of carbonyl (C=O) groups excluding carboxylic acids is 3. The van der Waals surface area contributed by atoms with Crippen LogP contribution in [0.25, 0.3) is 0 Å². The number of ketones is 1. The summed E-state index contributed by atoms with van der Waals surface area (Å²) in [5, 5.41) is 2.68. The van der Waals surface area contributed by atoms with Crippen molar-refractivity contribution in [3.63, 3.8) is 0 Å². The summed E-state index contributed by atoms with van der Waals surface area (Å²) in [6.07, 6.45) is 0. The third-order valence-electron chi connectivity index (χ3n) is 3.47. The number of hydrogen-bond acceptors (Lipinski definition) is 5. The predicted octanol–water partition coefficient (Wildman–Crippen LogP) is 3.07. The maximum absolute atomic E-state index is 11.9. The lowest BCUT2D eigenvalue weighted by Crippen LogP contribution is -2.23. The number of amides is 1. The number of Topliss-reactive ketones (excluding diaryl/α,β-unsaturated/α-hetero) is 1. The van der Waals surface area contributed by atoms with Crippen LogP contribution < -0.4 is 10.1 Å². The van der Waals surface area contributed by atoms with Crippen LogP contribution in [-0.2, 0) is 14.3 Å². The van der Waals surface area contributed by atoms with Crippen molar-refractivity contribution in [3.05, 3.63) is 59.2 Å². The van der Waals surface area contributed by atoms with Gasteiger partial charge < -0.3 is 14.8 Å². The zero-order chi connectivity index (χ0) is 19.1. The minimum absolute atomic E-state index is 0.0962. The first-order chi connectivity index (χ1) is 12.3. The van der Waals surface area contributed by atoms with Crippen LogP contribution in [0.1, 0.15) is 28.4 Å². The SMILES string of the molecule is CC(=O)c1cccc(OCC(=O)OCC(=O)Nc2cc(C)cc(C)c2)c1. The molecule has 136 valence electrons. The quantitative estimate of drug-likeness (QED) is 0.610. The van der Waals surface area contributed by atoms with Crippen molar-refractivity contribution in [2.75, 3.05) is 18.5 Å². The summed E-state index contributed by atoms with van der Waals surface area (Å²) in [6, 6.07) is 12.2. The number of rotatable bonds is 7. The lowest BCUT2D eigenvalue weighted by Gasteiger charge is -2.09. The molecule has 1 amide bonds. The average molecular weight is 355 g/mol. The predicted molar refractivity (Wildman–Crippen MR) is 97.4 cm³/mol. The molecule has 0 heterocycles. The van der Waals surface area contributed by atoms with Gasteiger partial charge in [-0.3, -0.25) is 9.59 Å². The van der Waals surface area contributed by atoms with Crippen LogP contribution in [0.3, 0.4) is 0 Å². The lowest BCUT2D eigenvalue weighted by molar-refractivity contribution is -0.149. The Morgan fingerprint density at radius 2 is 1.65 bits per heavy atom. The van der Waals surface area contributed by atoms with Crippen molar-refractivity contribution in [2.45, 2.75) is 20.8 Å². The molecular weight excluding hydrogens is 334 g/mol. The van der Waals surface area contributed by atoms with Gasteiger partial charge in [-0.25, -0.2) is 4.79 Å². The highest BCUT2D eigenvalue weighted by atomic mass is 16.6. The number of nitrogens with one attached hydrogen (secondary N) is 1. The first kappa shape index (κ1) is 19.2. The Labute approximate surface area is 152 Å². The van der Waals surface area contributed by atoms with Gasteiger partial charge in [0, 0.05) is 11.3 Å². The average Bonchev–Trinajstić information content (AvgIpc) is 2.57. The van der Waals surface area contributed by atoms with E-state index in [1.807, 2.05) is 32.0 Å². The maximum Gasteiger partial charge on any atom is 0.344 e. The Kier molecular flexibility index (Phi) is 6.49. The summed E-state index contributed by atoms with van der Waals surface area (Å²) in [6.45, 7) is 4.56. The molecular formula is C20H21NO5. The van der Waals surface area contributed by atoms with Gasteiger partial charge in [0.25, 0.3) is 5.91 Å². The summed E-state index contributed by atoms with van der Waals surface area (Å²) in [4.78, 5) is 34.9. The third kappa shape index (κ3) is 6.05. The number of anilines is 1. The smallest absolute Gasteiger partial charge is 0.344 e. The van der Waals surface area contributed by atoms with Crippen LogP contribution in [0, 0.1) is 13.8 Å². The Bertz CT molecular complexity index is 808. The number of benzene rings is 2. The molecule has 0 saturated carbocycles. The first-order valence-corrected chi connectivity index (χ1v) is 8.11. The van der Waals surface area contributed by atoms with E-state index >= 15 is 0 Å². The van der Waals surface area contributed by atoms with Crippen LogP contribution in [-0.4, -0.2) is 30.9 Å². The third-order valence-corrected chi connectivity index (χ3v) is 3.47. The Hall–Kier alpha value is -3.15. The van der Waals surface area contributed by atoms with E-state index in [2.05, 4.69) is 5.32 Å². The molecule has 0 saturated heterocycles. The first-order valence-electron chi connectivity index (χ1n) is 8.11. The van der Waals surface area contributed by atoms with Crippen molar-refractivity contribution in [1.29, 1.82) is 0 Å². The molecule has 6 heteroatoms. The molecule has 0 radical (unpaired) electrons. The maximum atomic E-state index is 11.9. The van der Waals surface area contributed by atoms with E-state index in [-0.39, 0.29) is 12.4 Å². The molecule has 0 atom stereocenters. The van der Waals surface area contributed by atoms with Gasteiger partial charge >= 0.3 is 5.97 Å². The summed E-state index contributed by atoms with van der Waals surface area (Å²) < 4.78 is 10.2. The number of esters is 1. The molecule has 0 aliphatic rings. The highest BCUT2D eigenvalue weighted by Gasteiger charge is 2.10. The molecule has 26 heavy (non-hydrogen) atoms. The van der Waals surface area contributed by atoms with Crippen LogP contribution in [0.15, 0.2) is 42.5 Å². The monoisotopic (exact) mass is 355 g/mol. The highest BCUT2D eigenvalue weighted by molar-refractivity contribution is 5.94. The summed E-state index contributed by atoms with van der Waals surface area (Å²) >= 11 is 0. The van der Waals surface area contributed by atoms with Crippen molar-refractivity contribution in [1.82, 2.24) is 0 Å². The Balaban J connectivity index is 1.78. The second kappa shape index (κ2) is 8.80. The van der Waals surface area contributed by atoms with E-state index < -0.39 is 18.5 Å². The fourth-order valence-electron chi connectivity index (χ4n) is 2.38. The largest absolute Gasteiger partial charge is 0.482 e. The molecule has 2 aromatic rings. The topological polar surface area (TPSA) is 81.7 Å².